The molecule has 1 aromatic heterocycles. The summed E-state index contributed by atoms with van der Waals surface area (Å²) in [6.07, 6.45) is 3.13. The molecule has 4 N–H and O–H groups in total. The van der Waals surface area contributed by atoms with Crippen LogP contribution < -0.4 is 10.5 Å². The Labute approximate surface area is 87.1 Å². The second-order valence-corrected chi connectivity index (χ2v) is 4.70. The maximum atomic E-state index is 11.3. The van der Waals surface area contributed by atoms with Crippen LogP contribution in [0.3, 0.4) is 0 Å². The molecule has 0 saturated heterocycles. The third-order valence-corrected chi connectivity index (χ3v) is 2.51. The molecule has 0 aromatic carbocycles. The number of rotatable bonds is 5. The number of aromatic nitrogens is 2. The number of hydrogen-bond acceptors (Lipinski definition) is 4. The number of primary sulfonamides is 1. The number of carbonyl (C=O) groups is 1. The summed E-state index contributed by atoms with van der Waals surface area (Å²) in [4.78, 5) is 11.3. The third-order valence-electron chi connectivity index (χ3n) is 1.65. The Morgan fingerprint density at radius 1 is 1.60 bits per heavy atom. The van der Waals surface area contributed by atoms with Crippen LogP contribution in [0, 0.1) is 0 Å². The van der Waals surface area contributed by atoms with Crippen molar-refractivity contribution in [2.75, 3.05) is 12.3 Å². The molecule has 8 heteroatoms. The summed E-state index contributed by atoms with van der Waals surface area (Å²) in [5.41, 5.74) is 0.408. The van der Waals surface area contributed by atoms with Crippen LogP contribution in [-0.2, 0) is 10.0 Å². The zero-order valence-corrected chi connectivity index (χ0v) is 8.75. The fourth-order valence-corrected chi connectivity index (χ4v) is 1.50. The lowest BCUT2D eigenvalue weighted by Crippen LogP contribution is -2.27. The van der Waals surface area contributed by atoms with Gasteiger partial charge in [-0.25, -0.2) is 13.6 Å². The SMILES string of the molecule is NS(=O)(=O)CCCNC(=O)c1cn[nH]c1. The summed E-state index contributed by atoms with van der Waals surface area (Å²) in [6, 6.07) is 0. The molecule has 7 nitrogen and oxygen atoms in total. The van der Waals surface area contributed by atoms with Crippen molar-refractivity contribution in [2.45, 2.75) is 6.42 Å². The minimum atomic E-state index is -3.45. The molecule has 1 heterocycles. The first-order chi connectivity index (χ1) is 6.99. The number of sulfonamides is 1. The Kier molecular flexibility index (Phi) is 3.81. The Morgan fingerprint density at radius 2 is 2.33 bits per heavy atom. The van der Waals surface area contributed by atoms with E-state index in [1.807, 2.05) is 0 Å². The van der Waals surface area contributed by atoms with Crippen LogP contribution in [0.4, 0.5) is 0 Å². The highest BCUT2D eigenvalue weighted by atomic mass is 32.2. The van der Waals surface area contributed by atoms with Crippen molar-refractivity contribution >= 4 is 15.9 Å². The van der Waals surface area contributed by atoms with E-state index < -0.39 is 10.0 Å². The molecule has 0 saturated carbocycles. The molecule has 1 aromatic rings. The van der Waals surface area contributed by atoms with Crippen molar-refractivity contribution in [1.29, 1.82) is 0 Å². The van der Waals surface area contributed by atoms with E-state index in [0.29, 0.717) is 12.0 Å². The normalized spacial score (nSPS) is 11.3. The first-order valence-corrected chi connectivity index (χ1v) is 5.98. The smallest absolute Gasteiger partial charge is 0.254 e. The van der Waals surface area contributed by atoms with E-state index in [1.165, 1.54) is 12.4 Å². The average molecular weight is 232 g/mol. The molecule has 0 spiro atoms. The fraction of sp³-hybridized carbons (Fsp3) is 0.429. The van der Waals surface area contributed by atoms with Crippen molar-refractivity contribution in [3.8, 4) is 0 Å². The van der Waals surface area contributed by atoms with Gasteiger partial charge in [0, 0.05) is 12.7 Å². The molecule has 84 valence electrons. The molecule has 0 unspecified atom stereocenters. The van der Waals surface area contributed by atoms with Crippen LogP contribution in [0.5, 0.6) is 0 Å². The number of H-pyrrole nitrogens is 1. The molecule has 0 fully saturated rings. The summed E-state index contributed by atoms with van der Waals surface area (Å²) in [5, 5.41) is 13.4. The van der Waals surface area contributed by atoms with Crippen LogP contribution in [0.2, 0.25) is 0 Å². The lowest BCUT2D eigenvalue weighted by Gasteiger charge is -2.01. The highest BCUT2D eigenvalue weighted by Crippen LogP contribution is 1.93. The predicted octanol–water partition coefficient (Wildman–Crippen LogP) is -1.18. The maximum absolute atomic E-state index is 11.3. The number of carbonyl (C=O) groups excluding carboxylic acids is 1. The van der Waals surface area contributed by atoms with Crippen molar-refractivity contribution in [2.24, 2.45) is 5.14 Å². The molecule has 0 aliphatic heterocycles. The van der Waals surface area contributed by atoms with Gasteiger partial charge in [0.15, 0.2) is 0 Å². The quantitative estimate of drug-likeness (QED) is 0.553. The van der Waals surface area contributed by atoms with Gasteiger partial charge in [0.2, 0.25) is 10.0 Å². The Morgan fingerprint density at radius 3 is 2.87 bits per heavy atom. The van der Waals surface area contributed by atoms with Gasteiger partial charge >= 0.3 is 0 Å². The zero-order valence-electron chi connectivity index (χ0n) is 7.93. The van der Waals surface area contributed by atoms with Gasteiger partial charge in [-0.15, -0.1) is 0 Å². The number of nitrogens with two attached hydrogens (primary N) is 1. The van der Waals surface area contributed by atoms with E-state index in [4.69, 9.17) is 5.14 Å². The Hall–Kier alpha value is -1.41. The van der Waals surface area contributed by atoms with E-state index in [2.05, 4.69) is 15.5 Å². The summed E-state index contributed by atoms with van der Waals surface area (Å²) >= 11 is 0. The highest BCUT2D eigenvalue weighted by Gasteiger charge is 2.06. The number of hydrogen-bond donors (Lipinski definition) is 3. The van der Waals surface area contributed by atoms with Crippen molar-refractivity contribution in [1.82, 2.24) is 15.5 Å². The molecule has 15 heavy (non-hydrogen) atoms. The maximum Gasteiger partial charge on any atom is 0.254 e. The molecule has 1 rings (SSSR count). The zero-order chi connectivity index (χ0) is 11.3. The van der Waals surface area contributed by atoms with E-state index >= 15 is 0 Å². The molecule has 0 atom stereocenters. The molecule has 0 radical (unpaired) electrons. The molecular formula is C7H12N4O3S. The average Bonchev–Trinajstić information content (AvgIpc) is 2.63. The van der Waals surface area contributed by atoms with E-state index in [0.717, 1.165) is 0 Å². The second kappa shape index (κ2) is 4.89. The Balaban J connectivity index is 2.24. The third kappa shape index (κ3) is 4.56. The lowest BCUT2D eigenvalue weighted by molar-refractivity contribution is 0.0953. The van der Waals surface area contributed by atoms with E-state index in [1.54, 1.807) is 0 Å². The van der Waals surface area contributed by atoms with Crippen LogP contribution >= 0.6 is 0 Å². The van der Waals surface area contributed by atoms with Gasteiger partial charge in [-0.05, 0) is 6.42 Å². The first kappa shape index (κ1) is 11.7. The molecule has 0 bridgehead atoms. The molecule has 1 amide bonds. The highest BCUT2D eigenvalue weighted by molar-refractivity contribution is 7.89. The topological polar surface area (TPSA) is 118 Å². The summed E-state index contributed by atoms with van der Waals surface area (Å²) in [7, 11) is -3.45. The minimum absolute atomic E-state index is 0.140. The number of nitrogens with zero attached hydrogens (tertiary/aromatic N) is 1. The van der Waals surface area contributed by atoms with Crippen LogP contribution in [0.15, 0.2) is 12.4 Å². The Bertz CT molecular complexity index is 411. The van der Waals surface area contributed by atoms with E-state index in [9.17, 15) is 13.2 Å². The number of nitrogens with one attached hydrogen (secondary N) is 2. The number of amides is 1. The molecule has 0 aliphatic carbocycles. The van der Waals surface area contributed by atoms with Gasteiger partial charge in [-0.2, -0.15) is 5.10 Å². The summed E-state index contributed by atoms with van der Waals surface area (Å²) < 4.78 is 21.1. The van der Waals surface area contributed by atoms with Gasteiger partial charge < -0.3 is 5.32 Å². The second-order valence-electron chi connectivity index (χ2n) is 2.96. The van der Waals surface area contributed by atoms with Crippen LogP contribution in [0.25, 0.3) is 0 Å². The van der Waals surface area contributed by atoms with Gasteiger partial charge in [0.1, 0.15) is 0 Å². The van der Waals surface area contributed by atoms with Gasteiger partial charge in [0.25, 0.3) is 5.91 Å². The summed E-state index contributed by atoms with van der Waals surface area (Å²) in [6.45, 7) is 0.264. The van der Waals surface area contributed by atoms with Crippen LogP contribution in [0.1, 0.15) is 16.8 Å². The molecule has 0 aliphatic rings. The first-order valence-electron chi connectivity index (χ1n) is 4.26. The van der Waals surface area contributed by atoms with Gasteiger partial charge in [0.05, 0.1) is 17.5 Å². The monoisotopic (exact) mass is 232 g/mol. The fourth-order valence-electron chi connectivity index (χ4n) is 0.952. The summed E-state index contributed by atoms with van der Waals surface area (Å²) in [5.74, 6) is -0.434. The van der Waals surface area contributed by atoms with Crippen molar-refractivity contribution < 1.29 is 13.2 Å². The van der Waals surface area contributed by atoms with Gasteiger partial charge in [-0.3, -0.25) is 9.89 Å². The molecular weight excluding hydrogens is 220 g/mol. The van der Waals surface area contributed by atoms with Crippen molar-refractivity contribution in [3.63, 3.8) is 0 Å². The van der Waals surface area contributed by atoms with Crippen LogP contribution in [-0.4, -0.2) is 36.8 Å². The van der Waals surface area contributed by atoms with Crippen molar-refractivity contribution in [3.05, 3.63) is 18.0 Å². The minimum Gasteiger partial charge on any atom is -0.352 e. The predicted molar refractivity (Wildman–Crippen MR) is 53.5 cm³/mol. The lowest BCUT2D eigenvalue weighted by atomic mass is 10.3. The van der Waals surface area contributed by atoms with Gasteiger partial charge in [-0.1, -0.05) is 0 Å². The number of aromatic amines is 1. The van der Waals surface area contributed by atoms with E-state index in [-0.39, 0.29) is 18.2 Å². The largest absolute Gasteiger partial charge is 0.352 e. The standard InChI is InChI=1S/C7H12N4O3S/c8-15(13,14)3-1-2-9-7(12)6-4-10-11-5-6/h4-5H,1-3H2,(H,9,12)(H,10,11)(H2,8,13,14).